The number of carbonyl (C=O) groups is 1. The van der Waals surface area contributed by atoms with Crippen LogP contribution in [-0.2, 0) is 9.53 Å². The first-order valence-corrected chi connectivity index (χ1v) is 5.87. The molecule has 1 aromatic carbocycles. The lowest BCUT2D eigenvalue weighted by Gasteiger charge is -2.25. The fourth-order valence-corrected chi connectivity index (χ4v) is 1.93. The first-order chi connectivity index (χ1) is 8.49. The SMILES string of the molecule is COC(=O)CC(c1cc(C)ccc1OC)N(C)C. The van der Waals surface area contributed by atoms with E-state index >= 15 is 0 Å². The van der Waals surface area contributed by atoms with Crippen molar-refractivity contribution >= 4 is 5.97 Å². The van der Waals surface area contributed by atoms with Gasteiger partial charge in [-0.3, -0.25) is 4.79 Å². The zero-order valence-corrected chi connectivity index (χ0v) is 11.7. The summed E-state index contributed by atoms with van der Waals surface area (Å²) in [6.07, 6.45) is 0.309. The van der Waals surface area contributed by atoms with Gasteiger partial charge in [0, 0.05) is 11.6 Å². The Hall–Kier alpha value is -1.55. The molecule has 1 unspecified atom stereocenters. The van der Waals surface area contributed by atoms with Crippen molar-refractivity contribution in [1.82, 2.24) is 4.90 Å². The van der Waals surface area contributed by atoms with Gasteiger partial charge in [0.1, 0.15) is 5.75 Å². The maximum Gasteiger partial charge on any atom is 0.307 e. The molecule has 100 valence electrons. The van der Waals surface area contributed by atoms with E-state index in [0.29, 0.717) is 6.42 Å². The van der Waals surface area contributed by atoms with Gasteiger partial charge in [-0.25, -0.2) is 0 Å². The van der Waals surface area contributed by atoms with E-state index in [1.165, 1.54) is 7.11 Å². The second-order valence-electron chi connectivity index (χ2n) is 4.51. The van der Waals surface area contributed by atoms with Crippen molar-refractivity contribution in [3.05, 3.63) is 29.3 Å². The smallest absolute Gasteiger partial charge is 0.307 e. The third-order valence-electron chi connectivity index (χ3n) is 2.96. The van der Waals surface area contributed by atoms with E-state index < -0.39 is 0 Å². The van der Waals surface area contributed by atoms with E-state index in [1.54, 1.807) is 7.11 Å². The molecule has 0 N–H and O–H groups in total. The van der Waals surface area contributed by atoms with Gasteiger partial charge in [0.2, 0.25) is 0 Å². The molecule has 0 aliphatic carbocycles. The average molecular weight is 251 g/mol. The van der Waals surface area contributed by atoms with Gasteiger partial charge in [0.05, 0.1) is 20.6 Å². The molecular weight excluding hydrogens is 230 g/mol. The van der Waals surface area contributed by atoms with E-state index in [2.05, 4.69) is 0 Å². The Bertz CT molecular complexity index is 416. The van der Waals surface area contributed by atoms with Crippen LogP contribution in [0.25, 0.3) is 0 Å². The van der Waals surface area contributed by atoms with Crippen molar-refractivity contribution in [3.63, 3.8) is 0 Å². The van der Waals surface area contributed by atoms with Gasteiger partial charge in [-0.15, -0.1) is 0 Å². The second kappa shape index (κ2) is 6.40. The van der Waals surface area contributed by atoms with Gasteiger partial charge >= 0.3 is 5.97 Å². The minimum absolute atomic E-state index is 0.0488. The zero-order valence-electron chi connectivity index (χ0n) is 11.7. The summed E-state index contributed by atoms with van der Waals surface area (Å²) in [4.78, 5) is 13.5. The van der Waals surface area contributed by atoms with Crippen molar-refractivity contribution in [3.8, 4) is 5.75 Å². The highest BCUT2D eigenvalue weighted by atomic mass is 16.5. The maximum absolute atomic E-state index is 11.5. The monoisotopic (exact) mass is 251 g/mol. The van der Waals surface area contributed by atoms with Crippen LogP contribution >= 0.6 is 0 Å². The van der Waals surface area contributed by atoms with Gasteiger partial charge in [0.25, 0.3) is 0 Å². The number of methoxy groups -OCH3 is 2. The topological polar surface area (TPSA) is 38.8 Å². The third-order valence-corrected chi connectivity index (χ3v) is 2.96. The lowest BCUT2D eigenvalue weighted by atomic mass is 9.99. The van der Waals surface area contributed by atoms with Crippen LogP contribution in [0.4, 0.5) is 0 Å². The van der Waals surface area contributed by atoms with E-state index in [4.69, 9.17) is 9.47 Å². The van der Waals surface area contributed by atoms with Crippen LogP contribution in [0.1, 0.15) is 23.6 Å². The summed E-state index contributed by atoms with van der Waals surface area (Å²) in [6.45, 7) is 2.02. The fraction of sp³-hybridized carbons (Fsp3) is 0.500. The van der Waals surface area contributed by atoms with Crippen LogP contribution in [-0.4, -0.2) is 39.2 Å². The van der Waals surface area contributed by atoms with E-state index in [-0.39, 0.29) is 12.0 Å². The Balaban J connectivity index is 3.12. The van der Waals surface area contributed by atoms with Crippen molar-refractivity contribution in [2.75, 3.05) is 28.3 Å². The maximum atomic E-state index is 11.5. The van der Waals surface area contributed by atoms with Crippen molar-refractivity contribution in [2.45, 2.75) is 19.4 Å². The van der Waals surface area contributed by atoms with Crippen molar-refractivity contribution in [2.24, 2.45) is 0 Å². The zero-order chi connectivity index (χ0) is 13.7. The minimum atomic E-state index is -0.225. The van der Waals surface area contributed by atoms with E-state index in [9.17, 15) is 4.79 Å². The Morgan fingerprint density at radius 1 is 1.33 bits per heavy atom. The number of esters is 1. The molecular formula is C14H21NO3. The van der Waals surface area contributed by atoms with Crippen LogP contribution in [0.15, 0.2) is 18.2 Å². The van der Waals surface area contributed by atoms with Crippen molar-refractivity contribution in [1.29, 1.82) is 0 Å². The lowest BCUT2D eigenvalue weighted by Crippen LogP contribution is -2.24. The van der Waals surface area contributed by atoms with Gasteiger partial charge in [-0.1, -0.05) is 17.7 Å². The predicted octanol–water partition coefficient (Wildman–Crippen LogP) is 2.17. The molecule has 4 heteroatoms. The molecule has 0 saturated heterocycles. The number of ether oxygens (including phenoxy) is 2. The Labute approximate surface area is 108 Å². The molecule has 1 atom stereocenters. The van der Waals surface area contributed by atoms with Gasteiger partial charge in [-0.05, 0) is 27.1 Å². The number of carbonyl (C=O) groups excluding carboxylic acids is 1. The predicted molar refractivity (Wildman–Crippen MR) is 70.8 cm³/mol. The molecule has 18 heavy (non-hydrogen) atoms. The quantitative estimate of drug-likeness (QED) is 0.752. The minimum Gasteiger partial charge on any atom is -0.496 e. The van der Waals surface area contributed by atoms with Crippen LogP contribution in [0.2, 0.25) is 0 Å². The summed E-state index contributed by atoms with van der Waals surface area (Å²) < 4.78 is 10.1. The largest absolute Gasteiger partial charge is 0.496 e. The summed E-state index contributed by atoms with van der Waals surface area (Å²) in [5, 5.41) is 0. The van der Waals surface area contributed by atoms with Gasteiger partial charge < -0.3 is 14.4 Å². The fourth-order valence-electron chi connectivity index (χ4n) is 1.93. The average Bonchev–Trinajstić information content (AvgIpc) is 2.35. The summed E-state index contributed by atoms with van der Waals surface area (Å²) in [7, 11) is 6.92. The summed E-state index contributed by atoms with van der Waals surface area (Å²) >= 11 is 0. The first-order valence-electron chi connectivity index (χ1n) is 5.87. The van der Waals surface area contributed by atoms with Crippen LogP contribution in [0, 0.1) is 6.92 Å². The highest BCUT2D eigenvalue weighted by Crippen LogP contribution is 2.31. The first kappa shape index (κ1) is 14.5. The molecule has 1 rings (SSSR count). The number of rotatable bonds is 5. The van der Waals surface area contributed by atoms with Gasteiger partial charge in [0.15, 0.2) is 0 Å². The molecule has 0 spiro atoms. The highest BCUT2D eigenvalue weighted by molar-refractivity contribution is 5.70. The molecule has 0 saturated carbocycles. The second-order valence-corrected chi connectivity index (χ2v) is 4.51. The highest BCUT2D eigenvalue weighted by Gasteiger charge is 2.22. The van der Waals surface area contributed by atoms with Gasteiger partial charge in [-0.2, -0.15) is 0 Å². The van der Waals surface area contributed by atoms with Crippen LogP contribution in [0.3, 0.4) is 0 Å². The van der Waals surface area contributed by atoms with E-state index in [0.717, 1.165) is 16.9 Å². The number of nitrogens with zero attached hydrogens (tertiary/aromatic N) is 1. The third kappa shape index (κ3) is 3.47. The van der Waals surface area contributed by atoms with Crippen LogP contribution < -0.4 is 4.74 Å². The molecule has 0 amide bonds. The molecule has 0 aliphatic heterocycles. The summed E-state index contributed by atoms with van der Waals surface area (Å²) in [5.41, 5.74) is 2.15. The Morgan fingerprint density at radius 2 is 2.00 bits per heavy atom. The normalized spacial score (nSPS) is 12.3. The molecule has 1 aromatic rings. The number of hydrogen-bond acceptors (Lipinski definition) is 4. The molecule has 0 aliphatic rings. The Morgan fingerprint density at radius 3 is 2.50 bits per heavy atom. The summed E-state index contributed by atoms with van der Waals surface area (Å²) in [5.74, 6) is 0.570. The number of aryl methyl sites for hydroxylation is 1. The molecule has 0 aromatic heterocycles. The lowest BCUT2D eigenvalue weighted by molar-refractivity contribution is -0.141. The molecule has 0 radical (unpaired) electrons. The Kier molecular flexibility index (Phi) is 5.16. The number of benzene rings is 1. The standard InChI is InChI=1S/C14H21NO3/c1-10-6-7-13(17-4)11(8-10)12(15(2)3)9-14(16)18-5/h6-8,12H,9H2,1-5H3. The van der Waals surface area contributed by atoms with Crippen molar-refractivity contribution < 1.29 is 14.3 Å². The molecule has 0 heterocycles. The summed E-state index contributed by atoms with van der Waals surface area (Å²) in [6, 6.07) is 5.92. The molecule has 0 fully saturated rings. The molecule has 4 nitrogen and oxygen atoms in total. The van der Waals surface area contributed by atoms with Crippen LogP contribution in [0.5, 0.6) is 5.75 Å². The number of hydrogen-bond donors (Lipinski definition) is 0. The molecule has 0 bridgehead atoms. The van der Waals surface area contributed by atoms with E-state index in [1.807, 2.05) is 44.1 Å².